The molecule has 2 N–H and O–H groups in total. The molecule has 0 aliphatic heterocycles. The number of nitrogens with one attached hydrogen (secondary N) is 2. The summed E-state index contributed by atoms with van der Waals surface area (Å²) in [6.07, 6.45) is 4.59. The molecule has 0 saturated heterocycles. The Hall–Kier alpha value is -1.49. The minimum Gasteiger partial charge on any atom is -0.353 e. The molecule has 4 nitrogen and oxygen atoms in total. The van der Waals surface area contributed by atoms with Crippen molar-refractivity contribution in [1.82, 2.24) is 5.32 Å². The highest BCUT2D eigenvalue weighted by molar-refractivity contribution is 8.00. The first-order valence-electron chi connectivity index (χ1n) is 7.37. The zero-order valence-electron chi connectivity index (χ0n) is 12.4. The fraction of sp³-hybridized carbons (Fsp3) is 0.500. The minimum absolute atomic E-state index is 0.0371. The van der Waals surface area contributed by atoms with Crippen molar-refractivity contribution >= 4 is 29.3 Å². The lowest BCUT2D eigenvalue weighted by Crippen LogP contribution is -2.34. The van der Waals surface area contributed by atoms with Crippen molar-refractivity contribution in [3.8, 4) is 0 Å². The van der Waals surface area contributed by atoms with Crippen LogP contribution in [0.2, 0.25) is 0 Å². The van der Waals surface area contributed by atoms with Crippen LogP contribution in [0.15, 0.2) is 24.3 Å². The molecule has 1 aliphatic carbocycles. The van der Waals surface area contributed by atoms with Crippen LogP contribution in [0.4, 0.5) is 5.69 Å². The summed E-state index contributed by atoms with van der Waals surface area (Å²) in [7, 11) is 0. The van der Waals surface area contributed by atoms with E-state index in [1.807, 2.05) is 31.2 Å². The lowest BCUT2D eigenvalue weighted by Gasteiger charge is -2.11. The van der Waals surface area contributed by atoms with Gasteiger partial charge in [-0.1, -0.05) is 30.5 Å². The third-order valence-electron chi connectivity index (χ3n) is 3.52. The number of benzene rings is 1. The largest absolute Gasteiger partial charge is 0.353 e. The highest BCUT2D eigenvalue weighted by atomic mass is 32.2. The van der Waals surface area contributed by atoms with E-state index in [1.165, 1.54) is 24.6 Å². The number of thioether (sulfide) groups is 1. The van der Waals surface area contributed by atoms with Crippen LogP contribution in [-0.2, 0) is 9.59 Å². The molecule has 5 heteroatoms. The van der Waals surface area contributed by atoms with Crippen molar-refractivity contribution in [2.24, 2.45) is 0 Å². The van der Waals surface area contributed by atoms with Gasteiger partial charge in [-0.2, -0.15) is 0 Å². The molecule has 1 saturated carbocycles. The van der Waals surface area contributed by atoms with Crippen LogP contribution in [-0.4, -0.2) is 29.4 Å². The average molecular weight is 306 g/mol. The zero-order chi connectivity index (χ0) is 15.1. The molecule has 2 rings (SSSR count). The molecular formula is C16H22N2O2S. The molecule has 1 aromatic carbocycles. The number of aryl methyl sites for hydroxylation is 1. The zero-order valence-corrected chi connectivity index (χ0v) is 13.2. The number of hydrogen-bond acceptors (Lipinski definition) is 3. The molecule has 0 spiro atoms. The van der Waals surface area contributed by atoms with E-state index in [-0.39, 0.29) is 11.8 Å². The van der Waals surface area contributed by atoms with E-state index in [9.17, 15) is 9.59 Å². The quantitative estimate of drug-likeness (QED) is 0.849. The lowest BCUT2D eigenvalue weighted by molar-refractivity contribution is -0.119. The van der Waals surface area contributed by atoms with E-state index in [0.29, 0.717) is 17.5 Å². The number of anilines is 1. The summed E-state index contributed by atoms with van der Waals surface area (Å²) in [6.45, 7) is 2.00. The average Bonchev–Trinajstić information content (AvgIpc) is 2.94. The molecule has 1 aromatic rings. The molecule has 1 fully saturated rings. The molecule has 2 amide bonds. The maximum Gasteiger partial charge on any atom is 0.234 e. The van der Waals surface area contributed by atoms with Gasteiger partial charge in [-0.05, 0) is 31.9 Å². The van der Waals surface area contributed by atoms with Crippen LogP contribution in [0.3, 0.4) is 0 Å². The Morgan fingerprint density at radius 3 is 2.38 bits per heavy atom. The van der Waals surface area contributed by atoms with Gasteiger partial charge in [0.05, 0.1) is 11.5 Å². The van der Waals surface area contributed by atoms with Gasteiger partial charge < -0.3 is 10.6 Å². The normalized spacial score (nSPS) is 14.9. The van der Waals surface area contributed by atoms with Crippen molar-refractivity contribution in [1.29, 1.82) is 0 Å². The minimum atomic E-state index is -0.0717. The molecule has 114 valence electrons. The predicted molar refractivity (Wildman–Crippen MR) is 87.5 cm³/mol. The number of rotatable bonds is 6. The summed E-state index contributed by atoms with van der Waals surface area (Å²) in [5, 5.41) is 5.84. The molecule has 0 heterocycles. The molecule has 1 aliphatic rings. The Labute approximate surface area is 130 Å². The Bertz CT molecular complexity index is 482. The van der Waals surface area contributed by atoms with E-state index >= 15 is 0 Å². The first-order chi connectivity index (χ1) is 10.1. The first kappa shape index (κ1) is 15.9. The SMILES string of the molecule is Cc1ccc(NC(=O)CSCC(=O)NC2CCCC2)cc1. The van der Waals surface area contributed by atoms with Gasteiger partial charge in [-0.3, -0.25) is 9.59 Å². The van der Waals surface area contributed by atoms with Gasteiger partial charge in [-0.25, -0.2) is 0 Å². The number of hydrogen-bond donors (Lipinski definition) is 2. The second-order valence-electron chi connectivity index (χ2n) is 5.46. The summed E-state index contributed by atoms with van der Waals surface area (Å²) in [4.78, 5) is 23.5. The highest BCUT2D eigenvalue weighted by Crippen LogP contribution is 2.17. The number of amides is 2. The van der Waals surface area contributed by atoms with Gasteiger partial charge in [-0.15, -0.1) is 11.8 Å². The lowest BCUT2D eigenvalue weighted by atomic mass is 10.2. The Kier molecular flexibility index (Phi) is 6.11. The molecule has 0 atom stereocenters. The van der Waals surface area contributed by atoms with Gasteiger partial charge in [0.25, 0.3) is 0 Å². The van der Waals surface area contributed by atoms with E-state index < -0.39 is 0 Å². The van der Waals surface area contributed by atoms with Gasteiger partial charge in [0.2, 0.25) is 11.8 Å². The van der Waals surface area contributed by atoms with Crippen LogP contribution in [0, 0.1) is 6.92 Å². The van der Waals surface area contributed by atoms with E-state index in [1.54, 1.807) is 0 Å². The van der Waals surface area contributed by atoms with Gasteiger partial charge >= 0.3 is 0 Å². The summed E-state index contributed by atoms with van der Waals surface area (Å²) >= 11 is 1.35. The number of carbonyl (C=O) groups excluding carboxylic acids is 2. The third kappa shape index (κ3) is 5.79. The van der Waals surface area contributed by atoms with Crippen LogP contribution in [0.1, 0.15) is 31.2 Å². The maximum absolute atomic E-state index is 11.8. The van der Waals surface area contributed by atoms with Crippen molar-refractivity contribution in [2.45, 2.75) is 38.6 Å². The summed E-state index contributed by atoms with van der Waals surface area (Å²) in [6, 6.07) is 8.02. The topological polar surface area (TPSA) is 58.2 Å². The first-order valence-corrected chi connectivity index (χ1v) is 8.52. The standard InChI is InChI=1S/C16H22N2O2S/c1-12-6-8-14(9-7-12)18-16(20)11-21-10-15(19)17-13-4-2-3-5-13/h6-9,13H,2-5,10-11H2,1H3,(H,17,19)(H,18,20). The molecule has 0 aromatic heterocycles. The molecule has 0 unspecified atom stereocenters. The highest BCUT2D eigenvalue weighted by Gasteiger charge is 2.17. The fourth-order valence-corrected chi connectivity index (χ4v) is 3.04. The van der Waals surface area contributed by atoms with E-state index in [4.69, 9.17) is 0 Å². The molecule has 0 radical (unpaired) electrons. The van der Waals surface area contributed by atoms with Gasteiger partial charge in [0.15, 0.2) is 0 Å². The van der Waals surface area contributed by atoms with E-state index in [0.717, 1.165) is 24.1 Å². The van der Waals surface area contributed by atoms with Crippen LogP contribution < -0.4 is 10.6 Å². The smallest absolute Gasteiger partial charge is 0.234 e. The van der Waals surface area contributed by atoms with Crippen LogP contribution >= 0.6 is 11.8 Å². The summed E-state index contributed by atoms with van der Waals surface area (Å²) in [5.41, 5.74) is 1.95. The number of carbonyl (C=O) groups is 2. The maximum atomic E-state index is 11.8. The Balaban J connectivity index is 1.62. The van der Waals surface area contributed by atoms with E-state index in [2.05, 4.69) is 10.6 Å². The van der Waals surface area contributed by atoms with Gasteiger partial charge in [0.1, 0.15) is 0 Å². The fourth-order valence-electron chi connectivity index (χ4n) is 2.41. The summed E-state index contributed by atoms with van der Waals surface area (Å²) < 4.78 is 0. The molecule has 0 bridgehead atoms. The predicted octanol–water partition coefficient (Wildman–Crippen LogP) is 2.73. The second-order valence-corrected chi connectivity index (χ2v) is 6.44. The molecular weight excluding hydrogens is 284 g/mol. The van der Waals surface area contributed by atoms with Crippen molar-refractivity contribution in [3.63, 3.8) is 0 Å². The Morgan fingerprint density at radius 2 is 1.71 bits per heavy atom. The van der Waals surface area contributed by atoms with Gasteiger partial charge in [0, 0.05) is 11.7 Å². The molecule has 21 heavy (non-hydrogen) atoms. The van der Waals surface area contributed by atoms with Crippen LogP contribution in [0.5, 0.6) is 0 Å². The van der Waals surface area contributed by atoms with Crippen LogP contribution in [0.25, 0.3) is 0 Å². The van der Waals surface area contributed by atoms with Crippen molar-refractivity contribution in [2.75, 3.05) is 16.8 Å². The third-order valence-corrected chi connectivity index (χ3v) is 4.45. The second kappa shape index (κ2) is 8.08. The Morgan fingerprint density at radius 1 is 1.10 bits per heavy atom. The summed E-state index contributed by atoms with van der Waals surface area (Å²) in [5.74, 6) is 0.608. The van der Waals surface area contributed by atoms with Crippen molar-refractivity contribution < 1.29 is 9.59 Å². The van der Waals surface area contributed by atoms with Crippen molar-refractivity contribution in [3.05, 3.63) is 29.8 Å². The monoisotopic (exact) mass is 306 g/mol.